The summed E-state index contributed by atoms with van der Waals surface area (Å²) >= 11 is 0. The van der Waals surface area contributed by atoms with Crippen molar-refractivity contribution in [1.82, 2.24) is 0 Å². The third-order valence-electron chi connectivity index (χ3n) is 3.40. The lowest BCUT2D eigenvalue weighted by atomic mass is 10.0. The van der Waals surface area contributed by atoms with Gasteiger partial charge in [0.1, 0.15) is 12.0 Å². The molecule has 1 aromatic heterocycles. The molecule has 0 spiro atoms. The first-order chi connectivity index (χ1) is 9.65. The maximum atomic E-state index is 11.8. The van der Waals surface area contributed by atoms with Gasteiger partial charge in [-0.25, -0.2) is 4.79 Å². The summed E-state index contributed by atoms with van der Waals surface area (Å²) < 4.78 is 5.26. The van der Waals surface area contributed by atoms with E-state index >= 15 is 0 Å². The van der Waals surface area contributed by atoms with Crippen LogP contribution in [0.25, 0.3) is 0 Å². The third kappa shape index (κ3) is 2.18. The van der Waals surface area contributed by atoms with Crippen LogP contribution in [0.2, 0.25) is 0 Å². The van der Waals surface area contributed by atoms with Crippen molar-refractivity contribution < 1.29 is 19.1 Å². The van der Waals surface area contributed by atoms with Crippen LogP contribution in [0.4, 0.5) is 5.69 Å². The van der Waals surface area contributed by atoms with Gasteiger partial charge < -0.3 is 14.4 Å². The van der Waals surface area contributed by atoms with Crippen molar-refractivity contribution in [3.8, 4) is 0 Å². The van der Waals surface area contributed by atoms with E-state index in [1.165, 1.54) is 12.3 Å². The minimum atomic E-state index is -1.01. The Morgan fingerprint density at radius 1 is 1.35 bits per heavy atom. The summed E-state index contributed by atoms with van der Waals surface area (Å²) in [6.45, 7) is 1.07. The number of anilines is 1. The van der Waals surface area contributed by atoms with E-state index in [0.29, 0.717) is 30.8 Å². The highest BCUT2D eigenvalue weighted by Gasteiger charge is 2.23. The number of benzene rings is 1. The Labute approximate surface area is 115 Å². The zero-order valence-electron chi connectivity index (χ0n) is 10.7. The van der Waals surface area contributed by atoms with Crippen molar-refractivity contribution in [2.75, 3.05) is 11.4 Å². The van der Waals surface area contributed by atoms with Gasteiger partial charge in [0, 0.05) is 24.2 Å². The van der Waals surface area contributed by atoms with Crippen LogP contribution in [0.1, 0.15) is 32.9 Å². The number of hydrogen-bond donors (Lipinski definition) is 1. The fourth-order valence-electron chi connectivity index (χ4n) is 2.40. The number of para-hydroxylation sites is 1. The van der Waals surface area contributed by atoms with Crippen molar-refractivity contribution in [3.05, 3.63) is 53.5 Å². The average molecular weight is 271 g/mol. The van der Waals surface area contributed by atoms with E-state index in [4.69, 9.17) is 9.52 Å². The molecule has 2 heterocycles. The number of carboxylic acids is 1. The number of nitrogens with zero attached hydrogens (tertiary/aromatic N) is 1. The van der Waals surface area contributed by atoms with E-state index in [1.54, 1.807) is 0 Å². The highest BCUT2D eigenvalue weighted by molar-refractivity contribution is 6.03. The van der Waals surface area contributed by atoms with Crippen molar-refractivity contribution >= 4 is 17.4 Å². The summed E-state index contributed by atoms with van der Waals surface area (Å²) in [5.74, 6) is -0.289. The van der Waals surface area contributed by atoms with Gasteiger partial charge in [-0.05, 0) is 18.2 Å². The molecule has 0 saturated heterocycles. The molecule has 5 heteroatoms. The molecular formula is C15H13NO4. The molecule has 0 radical (unpaired) electrons. The van der Waals surface area contributed by atoms with Crippen molar-refractivity contribution in [2.45, 2.75) is 13.0 Å². The SMILES string of the molecule is O=C(O)c1coc(CN2CCC(=O)c3ccccc32)c1. The quantitative estimate of drug-likeness (QED) is 0.929. The predicted molar refractivity (Wildman–Crippen MR) is 72.1 cm³/mol. The van der Waals surface area contributed by atoms with Gasteiger partial charge in [-0.3, -0.25) is 4.79 Å². The van der Waals surface area contributed by atoms with E-state index in [9.17, 15) is 9.59 Å². The second kappa shape index (κ2) is 4.85. The maximum absolute atomic E-state index is 11.8. The number of Topliss-reactive ketones (excluding diaryl/α,β-unsaturated/α-hetero) is 1. The number of carbonyl (C=O) groups is 2. The van der Waals surface area contributed by atoms with E-state index in [1.807, 2.05) is 29.2 Å². The van der Waals surface area contributed by atoms with E-state index in [2.05, 4.69) is 0 Å². The number of furan rings is 1. The third-order valence-corrected chi connectivity index (χ3v) is 3.40. The molecule has 0 saturated carbocycles. The topological polar surface area (TPSA) is 70.8 Å². The molecule has 20 heavy (non-hydrogen) atoms. The minimum Gasteiger partial charge on any atom is -0.478 e. The fraction of sp³-hybridized carbons (Fsp3) is 0.200. The Bertz CT molecular complexity index is 674. The van der Waals surface area contributed by atoms with E-state index < -0.39 is 5.97 Å². The van der Waals surface area contributed by atoms with Gasteiger partial charge in [0.15, 0.2) is 5.78 Å². The number of carbonyl (C=O) groups excluding carboxylic acids is 1. The summed E-state index contributed by atoms with van der Waals surface area (Å²) in [7, 11) is 0. The Balaban J connectivity index is 1.86. The molecular weight excluding hydrogens is 258 g/mol. The first-order valence-electron chi connectivity index (χ1n) is 6.33. The molecule has 0 atom stereocenters. The molecule has 1 aliphatic heterocycles. The molecule has 0 bridgehead atoms. The Morgan fingerprint density at radius 2 is 2.15 bits per heavy atom. The molecule has 5 nitrogen and oxygen atoms in total. The lowest BCUT2D eigenvalue weighted by Gasteiger charge is -2.29. The molecule has 1 aromatic carbocycles. The lowest BCUT2D eigenvalue weighted by molar-refractivity contribution is 0.0696. The predicted octanol–water partition coefficient (Wildman–Crippen LogP) is 2.57. The zero-order valence-corrected chi connectivity index (χ0v) is 10.7. The van der Waals surface area contributed by atoms with Crippen molar-refractivity contribution in [3.63, 3.8) is 0 Å². The van der Waals surface area contributed by atoms with E-state index in [-0.39, 0.29) is 11.3 Å². The van der Waals surface area contributed by atoms with Crippen LogP contribution in [0.5, 0.6) is 0 Å². The molecule has 3 rings (SSSR count). The van der Waals surface area contributed by atoms with Gasteiger partial charge in [-0.1, -0.05) is 12.1 Å². The molecule has 2 aromatic rings. The number of rotatable bonds is 3. The molecule has 0 aliphatic carbocycles. The first-order valence-corrected chi connectivity index (χ1v) is 6.33. The number of carboxylic acid groups (broad SMARTS) is 1. The second-order valence-corrected chi connectivity index (χ2v) is 4.72. The van der Waals surface area contributed by atoms with Gasteiger partial charge in [-0.2, -0.15) is 0 Å². The van der Waals surface area contributed by atoms with Crippen LogP contribution in [-0.2, 0) is 6.54 Å². The van der Waals surface area contributed by atoms with Gasteiger partial charge in [0.25, 0.3) is 0 Å². The van der Waals surface area contributed by atoms with Crippen LogP contribution in [0.3, 0.4) is 0 Å². The maximum Gasteiger partial charge on any atom is 0.338 e. The Morgan fingerprint density at radius 3 is 2.90 bits per heavy atom. The van der Waals surface area contributed by atoms with Crippen LogP contribution >= 0.6 is 0 Å². The highest BCUT2D eigenvalue weighted by atomic mass is 16.4. The van der Waals surface area contributed by atoms with Gasteiger partial charge >= 0.3 is 5.97 Å². The minimum absolute atomic E-state index is 0.140. The second-order valence-electron chi connectivity index (χ2n) is 4.72. The largest absolute Gasteiger partial charge is 0.478 e. The number of ketones is 1. The highest BCUT2D eigenvalue weighted by Crippen LogP contribution is 2.28. The molecule has 102 valence electrons. The van der Waals surface area contributed by atoms with E-state index in [0.717, 1.165) is 5.69 Å². The summed E-state index contributed by atoms with van der Waals surface area (Å²) in [6.07, 6.45) is 1.70. The summed E-state index contributed by atoms with van der Waals surface area (Å²) in [5, 5.41) is 8.88. The first kappa shape index (κ1) is 12.5. The Kier molecular flexibility index (Phi) is 3.02. The monoisotopic (exact) mass is 271 g/mol. The van der Waals surface area contributed by atoms with Crippen LogP contribution in [-0.4, -0.2) is 23.4 Å². The normalized spacial score (nSPS) is 14.2. The summed E-state index contributed by atoms with van der Waals surface area (Å²) in [6, 6.07) is 8.95. The standard InChI is InChI=1S/C15H13NO4/c17-14-5-6-16(13-4-2-1-3-12(13)14)8-11-7-10(9-20-11)15(18)19/h1-4,7,9H,5-6,8H2,(H,18,19). The molecule has 0 fully saturated rings. The summed E-state index contributed by atoms with van der Waals surface area (Å²) in [5.41, 5.74) is 1.72. The van der Waals surface area contributed by atoms with Crippen LogP contribution in [0.15, 0.2) is 41.0 Å². The Hall–Kier alpha value is -2.56. The fourth-order valence-corrected chi connectivity index (χ4v) is 2.40. The number of fused-ring (bicyclic) bond motifs is 1. The molecule has 0 unspecified atom stereocenters. The molecule has 1 aliphatic rings. The van der Waals surface area contributed by atoms with Crippen molar-refractivity contribution in [2.24, 2.45) is 0 Å². The van der Waals surface area contributed by atoms with Crippen LogP contribution in [0, 0.1) is 0 Å². The van der Waals surface area contributed by atoms with Gasteiger partial charge in [0.2, 0.25) is 0 Å². The zero-order chi connectivity index (χ0) is 14.1. The van der Waals surface area contributed by atoms with Gasteiger partial charge in [-0.15, -0.1) is 0 Å². The average Bonchev–Trinajstić information content (AvgIpc) is 2.91. The summed E-state index contributed by atoms with van der Waals surface area (Å²) in [4.78, 5) is 24.7. The lowest BCUT2D eigenvalue weighted by Crippen LogP contribution is -2.31. The van der Waals surface area contributed by atoms with Crippen molar-refractivity contribution in [1.29, 1.82) is 0 Å². The number of aromatic carboxylic acids is 1. The van der Waals surface area contributed by atoms with Gasteiger partial charge in [0.05, 0.1) is 12.1 Å². The smallest absolute Gasteiger partial charge is 0.338 e. The number of hydrogen-bond acceptors (Lipinski definition) is 4. The molecule has 1 N–H and O–H groups in total. The van der Waals surface area contributed by atoms with Crippen LogP contribution < -0.4 is 4.90 Å². The molecule has 0 amide bonds.